The van der Waals surface area contributed by atoms with E-state index in [2.05, 4.69) is 15.3 Å². The molecule has 1 saturated heterocycles. The third-order valence-corrected chi connectivity index (χ3v) is 3.58. The molecule has 0 aromatic carbocycles. The Morgan fingerprint density at radius 3 is 3.13 bits per heavy atom. The van der Waals surface area contributed by atoms with Crippen molar-refractivity contribution in [1.82, 2.24) is 15.3 Å². The van der Waals surface area contributed by atoms with Crippen molar-refractivity contribution in [2.75, 3.05) is 12.3 Å². The number of hydrogen-bond acceptors (Lipinski definition) is 4. The summed E-state index contributed by atoms with van der Waals surface area (Å²) in [4.78, 5) is 8.52. The maximum absolute atomic E-state index is 5.87. The molecule has 5 heteroatoms. The quantitative estimate of drug-likeness (QED) is 0.502. The summed E-state index contributed by atoms with van der Waals surface area (Å²) in [5.74, 6) is 1.03. The molecule has 1 N–H and O–H groups in total. The van der Waals surface area contributed by atoms with Gasteiger partial charge in [-0.15, -0.1) is 0 Å². The Morgan fingerprint density at radius 1 is 1.60 bits per heavy atom. The summed E-state index contributed by atoms with van der Waals surface area (Å²) < 4.78 is 0. The zero-order valence-corrected chi connectivity index (χ0v) is 10.2. The molecule has 0 bridgehead atoms. The van der Waals surface area contributed by atoms with Crippen LogP contribution in [-0.4, -0.2) is 28.3 Å². The van der Waals surface area contributed by atoms with Crippen molar-refractivity contribution in [1.29, 1.82) is 0 Å². The monoisotopic (exact) mass is 243 g/mol. The molecule has 0 radical (unpaired) electrons. The number of nitrogens with zero attached hydrogens (tertiary/aromatic N) is 2. The van der Waals surface area contributed by atoms with Crippen LogP contribution in [0.2, 0.25) is 5.15 Å². The van der Waals surface area contributed by atoms with Crippen LogP contribution in [0.4, 0.5) is 0 Å². The Morgan fingerprint density at radius 2 is 2.47 bits per heavy atom. The second-order valence-electron chi connectivity index (χ2n) is 3.72. The summed E-state index contributed by atoms with van der Waals surface area (Å²) in [7, 11) is 0. The van der Waals surface area contributed by atoms with Gasteiger partial charge < -0.3 is 5.32 Å². The maximum atomic E-state index is 5.87. The van der Waals surface area contributed by atoms with Gasteiger partial charge in [0.25, 0.3) is 0 Å². The molecule has 1 aliphatic rings. The lowest BCUT2D eigenvalue weighted by Gasteiger charge is -2.08. The predicted molar refractivity (Wildman–Crippen MR) is 63.5 cm³/mol. The van der Waals surface area contributed by atoms with E-state index in [0.717, 1.165) is 23.1 Å². The summed E-state index contributed by atoms with van der Waals surface area (Å²) >= 11 is 7.54. The standard InChI is InChI=1S/C10H14ClN3S/c1-7-5-9(11)14-10(13-7)15-6-8-3-2-4-12-8/h5,8,12H,2-4,6H2,1H3/t8-/m0/s1. The Hall–Kier alpha value is -0.320. The van der Waals surface area contributed by atoms with Crippen molar-refractivity contribution < 1.29 is 0 Å². The molecule has 15 heavy (non-hydrogen) atoms. The Kier molecular flexibility index (Phi) is 3.83. The highest BCUT2D eigenvalue weighted by Crippen LogP contribution is 2.19. The Labute approximate surface area is 99.0 Å². The Balaban J connectivity index is 1.92. The molecule has 0 amide bonds. The maximum Gasteiger partial charge on any atom is 0.189 e. The van der Waals surface area contributed by atoms with E-state index in [1.807, 2.05) is 6.92 Å². The van der Waals surface area contributed by atoms with E-state index in [0.29, 0.717) is 11.2 Å². The highest BCUT2D eigenvalue weighted by atomic mass is 35.5. The van der Waals surface area contributed by atoms with E-state index in [9.17, 15) is 0 Å². The lowest BCUT2D eigenvalue weighted by atomic mass is 10.3. The van der Waals surface area contributed by atoms with Crippen LogP contribution in [0.3, 0.4) is 0 Å². The molecule has 1 aliphatic heterocycles. The molecule has 0 spiro atoms. The number of halogens is 1. The van der Waals surface area contributed by atoms with Gasteiger partial charge in [-0.25, -0.2) is 9.97 Å². The van der Waals surface area contributed by atoms with Gasteiger partial charge in [0.2, 0.25) is 0 Å². The molecular formula is C10H14ClN3S. The van der Waals surface area contributed by atoms with Crippen LogP contribution >= 0.6 is 23.4 Å². The van der Waals surface area contributed by atoms with Crippen molar-refractivity contribution in [3.8, 4) is 0 Å². The minimum atomic E-state index is 0.532. The average Bonchev–Trinajstić information content (AvgIpc) is 2.65. The van der Waals surface area contributed by atoms with Crippen LogP contribution in [0, 0.1) is 6.92 Å². The number of aryl methyl sites for hydroxylation is 1. The average molecular weight is 244 g/mol. The normalized spacial score (nSPS) is 20.8. The molecular weight excluding hydrogens is 230 g/mol. The van der Waals surface area contributed by atoms with Crippen LogP contribution in [0.1, 0.15) is 18.5 Å². The van der Waals surface area contributed by atoms with Crippen molar-refractivity contribution in [3.05, 3.63) is 16.9 Å². The minimum Gasteiger partial charge on any atom is -0.313 e. The third-order valence-electron chi connectivity index (χ3n) is 2.38. The van der Waals surface area contributed by atoms with E-state index in [1.54, 1.807) is 17.8 Å². The molecule has 1 aromatic rings. The van der Waals surface area contributed by atoms with Crippen molar-refractivity contribution in [2.45, 2.75) is 31.0 Å². The first-order valence-electron chi connectivity index (χ1n) is 5.11. The van der Waals surface area contributed by atoms with Gasteiger partial charge in [-0.1, -0.05) is 23.4 Å². The van der Waals surface area contributed by atoms with Crippen molar-refractivity contribution >= 4 is 23.4 Å². The summed E-state index contributed by atoms with van der Waals surface area (Å²) in [6.07, 6.45) is 2.53. The van der Waals surface area contributed by atoms with Gasteiger partial charge in [0, 0.05) is 17.5 Å². The zero-order valence-electron chi connectivity index (χ0n) is 8.66. The van der Waals surface area contributed by atoms with E-state index < -0.39 is 0 Å². The lowest BCUT2D eigenvalue weighted by molar-refractivity contribution is 0.673. The van der Waals surface area contributed by atoms with E-state index in [-0.39, 0.29) is 0 Å². The number of nitrogens with one attached hydrogen (secondary N) is 1. The van der Waals surface area contributed by atoms with Gasteiger partial charge in [0.1, 0.15) is 5.15 Å². The number of rotatable bonds is 3. The van der Waals surface area contributed by atoms with Gasteiger partial charge in [0.15, 0.2) is 5.16 Å². The van der Waals surface area contributed by atoms with Gasteiger partial charge in [0.05, 0.1) is 0 Å². The van der Waals surface area contributed by atoms with Crippen molar-refractivity contribution in [3.63, 3.8) is 0 Å². The van der Waals surface area contributed by atoms with E-state index in [1.165, 1.54) is 12.8 Å². The molecule has 1 fully saturated rings. The summed E-state index contributed by atoms with van der Waals surface area (Å²) in [5, 5.41) is 4.76. The summed E-state index contributed by atoms with van der Waals surface area (Å²) in [6.45, 7) is 3.08. The third kappa shape index (κ3) is 3.33. The molecule has 2 rings (SSSR count). The molecule has 0 aliphatic carbocycles. The Bertz CT molecular complexity index is 319. The molecule has 0 unspecified atom stereocenters. The van der Waals surface area contributed by atoms with Crippen molar-refractivity contribution in [2.24, 2.45) is 0 Å². The van der Waals surface area contributed by atoms with Gasteiger partial charge in [-0.2, -0.15) is 0 Å². The topological polar surface area (TPSA) is 37.8 Å². The number of aromatic nitrogens is 2. The fourth-order valence-corrected chi connectivity index (χ4v) is 2.94. The molecule has 1 aromatic heterocycles. The SMILES string of the molecule is Cc1cc(Cl)nc(SC[C@@H]2CCCN2)n1. The molecule has 2 heterocycles. The lowest BCUT2D eigenvalue weighted by Crippen LogP contribution is -2.23. The number of hydrogen-bond donors (Lipinski definition) is 1. The van der Waals surface area contributed by atoms with E-state index >= 15 is 0 Å². The molecule has 3 nitrogen and oxygen atoms in total. The first-order valence-corrected chi connectivity index (χ1v) is 6.48. The first-order chi connectivity index (χ1) is 7.24. The fraction of sp³-hybridized carbons (Fsp3) is 0.600. The van der Waals surface area contributed by atoms with Crippen LogP contribution in [0.15, 0.2) is 11.2 Å². The van der Waals surface area contributed by atoms with Gasteiger partial charge in [-0.05, 0) is 32.4 Å². The highest BCUT2D eigenvalue weighted by Gasteiger charge is 2.14. The summed E-state index contributed by atoms with van der Waals surface area (Å²) in [5.41, 5.74) is 0.928. The molecule has 0 saturated carbocycles. The van der Waals surface area contributed by atoms with Gasteiger partial charge >= 0.3 is 0 Å². The smallest absolute Gasteiger partial charge is 0.189 e. The van der Waals surface area contributed by atoms with Gasteiger partial charge in [-0.3, -0.25) is 0 Å². The highest BCUT2D eigenvalue weighted by molar-refractivity contribution is 7.99. The zero-order chi connectivity index (χ0) is 10.7. The second-order valence-corrected chi connectivity index (χ2v) is 5.09. The second kappa shape index (κ2) is 5.14. The largest absolute Gasteiger partial charge is 0.313 e. The fourth-order valence-electron chi connectivity index (χ4n) is 1.64. The van der Waals surface area contributed by atoms with Crippen LogP contribution in [0.25, 0.3) is 0 Å². The van der Waals surface area contributed by atoms with Crippen LogP contribution < -0.4 is 5.32 Å². The number of thioether (sulfide) groups is 1. The van der Waals surface area contributed by atoms with Crippen LogP contribution in [0.5, 0.6) is 0 Å². The first kappa shape index (κ1) is 11.2. The van der Waals surface area contributed by atoms with E-state index in [4.69, 9.17) is 11.6 Å². The van der Waals surface area contributed by atoms with Crippen LogP contribution in [-0.2, 0) is 0 Å². The molecule has 82 valence electrons. The predicted octanol–water partition coefficient (Wildman–Crippen LogP) is 2.28. The molecule has 1 atom stereocenters. The minimum absolute atomic E-state index is 0.532. The summed E-state index contributed by atoms with van der Waals surface area (Å²) in [6, 6.07) is 2.39.